The van der Waals surface area contributed by atoms with Gasteiger partial charge in [0.25, 0.3) is 5.91 Å². The quantitative estimate of drug-likeness (QED) is 0.219. The van der Waals surface area contributed by atoms with E-state index in [4.69, 9.17) is 14.4 Å². The van der Waals surface area contributed by atoms with E-state index in [2.05, 4.69) is 10.6 Å². The molecular formula is C22H29N3O6. The van der Waals surface area contributed by atoms with E-state index in [-0.39, 0.29) is 18.1 Å². The van der Waals surface area contributed by atoms with Crippen LogP contribution >= 0.6 is 0 Å². The van der Waals surface area contributed by atoms with Crippen LogP contribution in [0.2, 0.25) is 0 Å². The number of unbranched alkanes of at least 4 members (excludes halogenated alkanes) is 2. The molecule has 0 aliphatic heterocycles. The van der Waals surface area contributed by atoms with Crippen molar-refractivity contribution >= 4 is 17.7 Å². The zero-order valence-corrected chi connectivity index (χ0v) is 17.6. The standard InChI is InChI=1S/C22H29N3O6/c1-30-17-11-9-16(10-12-17)13-14-23-21(27)18(6-3-2-4-8-20(26)25-29)24-22(28)19-7-5-15-31-19/h5,7,9-12,15,18,29H,2-4,6,8,13-14H2,1H3,(H,23,27)(H,24,28)(H,25,26). The molecular weight excluding hydrogens is 402 g/mol. The van der Waals surface area contributed by atoms with Crippen LogP contribution in [0.3, 0.4) is 0 Å². The summed E-state index contributed by atoms with van der Waals surface area (Å²) in [7, 11) is 1.60. The molecule has 4 N–H and O–H groups in total. The Morgan fingerprint density at radius 1 is 1.10 bits per heavy atom. The van der Waals surface area contributed by atoms with Crippen LogP contribution in [0.15, 0.2) is 47.1 Å². The minimum absolute atomic E-state index is 0.135. The molecule has 31 heavy (non-hydrogen) atoms. The van der Waals surface area contributed by atoms with Crippen LogP contribution in [0, 0.1) is 0 Å². The first kappa shape index (κ1) is 23.9. The van der Waals surface area contributed by atoms with Gasteiger partial charge in [-0.15, -0.1) is 0 Å². The first-order chi connectivity index (χ1) is 15.0. The van der Waals surface area contributed by atoms with Gasteiger partial charge in [0, 0.05) is 13.0 Å². The molecule has 0 radical (unpaired) electrons. The van der Waals surface area contributed by atoms with E-state index in [1.807, 2.05) is 24.3 Å². The van der Waals surface area contributed by atoms with Gasteiger partial charge in [0.2, 0.25) is 11.8 Å². The van der Waals surface area contributed by atoms with Gasteiger partial charge in [0.15, 0.2) is 5.76 Å². The number of hydrogen-bond donors (Lipinski definition) is 4. The summed E-state index contributed by atoms with van der Waals surface area (Å²) >= 11 is 0. The average Bonchev–Trinajstić information content (AvgIpc) is 3.33. The van der Waals surface area contributed by atoms with Crippen LogP contribution in [-0.2, 0) is 16.0 Å². The van der Waals surface area contributed by atoms with Crippen molar-refractivity contribution in [3.05, 3.63) is 54.0 Å². The Bertz CT molecular complexity index is 820. The van der Waals surface area contributed by atoms with Crippen molar-refractivity contribution in [2.75, 3.05) is 13.7 Å². The fraction of sp³-hybridized carbons (Fsp3) is 0.409. The second-order valence-electron chi connectivity index (χ2n) is 7.03. The Hall–Kier alpha value is -3.33. The molecule has 1 unspecified atom stereocenters. The van der Waals surface area contributed by atoms with E-state index >= 15 is 0 Å². The zero-order valence-electron chi connectivity index (χ0n) is 17.6. The van der Waals surface area contributed by atoms with Crippen molar-refractivity contribution in [2.24, 2.45) is 0 Å². The third-order valence-corrected chi connectivity index (χ3v) is 4.76. The number of ether oxygens (including phenoxy) is 1. The molecule has 9 heteroatoms. The summed E-state index contributed by atoms with van der Waals surface area (Å²) in [5, 5.41) is 14.1. The molecule has 3 amide bonds. The van der Waals surface area contributed by atoms with Crippen molar-refractivity contribution in [1.82, 2.24) is 16.1 Å². The summed E-state index contributed by atoms with van der Waals surface area (Å²) in [4.78, 5) is 36.1. The third-order valence-electron chi connectivity index (χ3n) is 4.76. The van der Waals surface area contributed by atoms with E-state index in [1.165, 1.54) is 12.3 Å². The van der Waals surface area contributed by atoms with Crippen molar-refractivity contribution < 1.29 is 28.7 Å². The maximum Gasteiger partial charge on any atom is 0.287 e. The first-order valence-corrected chi connectivity index (χ1v) is 10.2. The number of hydrogen-bond acceptors (Lipinski definition) is 6. The molecule has 1 aromatic heterocycles. The molecule has 0 aliphatic carbocycles. The molecule has 0 fully saturated rings. The number of amides is 3. The van der Waals surface area contributed by atoms with Crippen molar-refractivity contribution in [1.29, 1.82) is 0 Å². The number of furan rings is 1. The van der Waals surface area contributed by atoms with Crippen LogP contribution in [0.1, 0.15) is 48.2 Å². The number of methoxy groups -OCH3 is 1. The summed E-state index contributed by atoms with van der Waals surface area (Å²) in [5.74, 6) is -0.277. The molecule has 1 aromatic carbocycles. The summed E-state index contributed by atoms with van der Waals surface area (Å²) in [6, 6.07) is 10.0. The molecule has 0 spiro atoms. The van der Waals surface area contributed by atoms with Crippen molar-refractivity contribution in [3.8, 4) is 5.75 Å². The number of benzene rings is 1. The lowest BCUT2D eigenvalue weighted by Crippen LogP contribution is -2.47. The third kappa shape index (κ3) is 8.51. The number of hydroxylamine groups is 1. The first-order valence-electron chi connectivity index (χ1n) is 10.2. The van der Waals surface area contributed by atoms with Crippen LogP contribution < -0.4 is 20.9 Å². The van der Waals surface area contributed by atoms with Gasteiger partial charge >= 0.3 is 0 Å². The lowest BCUT2D eigenvalue weighted by Gasteiger charge is -2.18. The molecule has 0 saturated heterocycles. The molecule has 1 atom stereocenters. The van der Waals surface area contributed by atoms with E-state index in [0.29, 0.717) is 38.6 Å². The highest BCUT2D eigenvalue weighted by molar-refractivity contribution is 5.95. The minimum atomic E-state index is -0.722. The minimum Gasteiger partial charge on any atom is -0.497 e. The van der Waals surface area contributed by atoms with Crippen molar-refractivity contribution in [3.63, 3.8) is 0 Å². The van der Waals surface area contributed by atoms with Crippen molar-refractivity contribution in [2.45, 2.75) is 44.6 Å². The summed E-state index contributed by atoms with van der Waals surface area (Å²) in [5.41, 5.74) is 2.65. The molecule has 2 rings (SSSR count). The largest absolute Gasteiger partial charge is 0.497 e. The molecule has 0 bridgehead atoms. The number of carbonyl (C=O) groups is 3. The van der Waals surface area contributed by atoms with Gasteiger partial charge in [-0.05, 0) is 49.1 Å². The molecule has 0 saturated carbocycles. The normalized spacial score (nSPS) is 11.4. The van der Waals surface area contributed by atoms with Gasteiger partial charge in [-0.3, -0.25) is 19.6 Å². The second-order valence-corrected chi connectivity index (χ2v) is 7.03. The smallest absolute Gasteiger partial charge is 0.287 e. The van der Waals surface area contributed by atoms with Gasteiger partial charge in [-0.25, -0.2) is 5.48 Å². The maximum atomic E-state index is 12.7. The highest BCUT2D eigenvalue weighted by Gasteiger charge is 2.22. The van der Waals surface area contributed by atoms with E-state index in [0.717, 1.165) is 11.3 Å². The number of rotatable bonds is 13. The molecule has 2 aromatic rings. The fourth-order valence-corrected chi connectivity index (χ4v) is 3.02. The summed E-state index contributed by atoms with van der Waals surface area (Å²) < 4.78 is 10.2. The van der Waals surface area contributed by atoms with Crippen LogP contribution in [0.4, 0.5) is 0 Å². The topological polar surface area (TPSA) is 130 Å². The lowest BCUT2D eigenvalue weighted by atomic mass is 10.1. The van der Waals surface area contributed by atoms with Gasteiger partial charge in [-0.2, -0.15) is 0 Å². The predicted molar refractivity (Wildman–Crippen MR) is 113 cm³/mol. The molecule has 168 valence electrons. The monoisotopic (exact) mass is 431 g/mol. The Labute approximate surface area is 181 Å². The molecule has 0 aliphatic rings. The Kier molecular flexibility index (Phi) is 10.1. The Morgan fingerprint density at radius 2 is 1.87 bits per heavy atom. The van der Waals surface area contributed by atoms with Crippen LogP contribution in [0.25, 0.3) is 0 Å². The highest BCUT2D eigenvalue weighted by Crippen LogP contribution is 2.12. The maximum absolute atomic E-state index is 12.7. The van der Waals surface area contributed by atoms with Crippen LogP contribution in [-0.4, -0.2) is 42.6 Å². The molecule has 1 heterocycles. The van der Waals surface area contributed by atoms with Gasteiger partial charge in [-0.1, -0.05) is 25.0 Å². The van der Waals surface area contributed by atoms with Gasteiger partial charge in [0.05, 0.1) is 13.4 Å². The average molecular weight is 431 g/mol. The predicted octanol–water partition coefficient (Wildman–Crippen LogP) is 2.20. The van der Waals surface area contributed by atoms with E-state index < -0.39 is 17.9 Å². The highest BCUT2D eigenvalue weighted by atomic mass is 16.5. The Morgan fingerprint density at radius 3 is 2.52 bits per heavy atom. The zero-order chi connectivity index (χ0) is 22.5. The van der Waals surface area contributed by atoms with E-state index in [1.54, 1.807) is 18.7 Å². The number of carbonyl (C=O) groups excluding carboxylic acids is 3. The molecule has 9 nitrogen and oxygen atoms in total. The second kappa shape index (κ2) is 13.1. The van der Waals surface area contributed by atoms with E-state index in [9.17, 15) is 14.4 Å². The van der Waals surface area contributed by atoms with Gasteiger partial charge in [0.1, 0.15) is 11.8 Å². The lowest BCUT2D eigenvalue weighted by molar-refractivity contribution is -0.129. The van der Waals surface area contributed by atoms with Crippen LogP contribution in [0.5, 0.6) is 5.75 Å². The Balaban J connectivity index is 1.84. The fourth-order valence-electron chi connectivity index (χ4n) is 3.02. The SMILES string of the molecule is COc1ccc(CCNC(=O)C(CCCCCC(=O)NO)NC(=O)c2ccco2)cc1. The number of nitrogens with one attached hydrogen (secondary N) is 3. The summed E-state index contributed by atoms with van der Waals surface area (Å²) in [6.07, 6.45) is 4.54. The van der Waals surface area contributed by atoms with Gasteiger partial charge < -0.3 is 19.8 Å². The summed E-state index contributed by atoms with van der Waals surface area (Å²) in [6.45, 7) is 0.426.